The molecule has 1 atom stereocenters. The van der Waals surface area contributed by atoms with Gasteiger partial charge in [-0.15, -0.1) is 0 Å². The van der Waals surface area contributed by atoms with Crippen molar-refractivity contribution < 1.29 is 0 Å². The van der Waals surface area contributed by atoms with Crippen LogP contribution in [0, 0.1) is 11.3 Å². The van der Waals surface area contributed by atoms with Crippen LogP contribution in [0.5, 0.6) is 0 Å². The van der Waals surface area contributed by atoms with E-state index in [1.54, 1.807) is 0 Å². The summed E-state index contributed by atoms with van der Waals surface area (Å²) in [5, 5.41) is 17.8. The third-order valence-corrected chi connectivity index (χ3v) is 1.15. The van der Waals surface area contributed by atoms with Crippen molar-refractivity contribution in [2.24, 2.45) is 10.2 Å². The standard InChI is InChI=1S/C5H8N8/c6-3-5(4-11-13-8)9-1-2-10-12-7/h5,9H,1-2,4H2. The lowest BCUT2D eigenvalue weighted by Crippen LogP contribution is -2.32. The first-order valence-corrected chi connectivity index (χ1v) is 3.50. The van der Waals surface area contributed by atoms with E-state index in [0.717, 1.165) is 0 Å². The average Bonchev–Trinajstić information content (AvgIpc) is 2.17. The highest BCUT2D eigenvalue weighted by Crippen LogP contribution is 1.83. The number of hydrogen-bond acceptors (Lipinski definition) is 4. The summed E-state index contributed by atoms with van der Waals surface area (Å²) in [7, 11) is 0. The molecule has 0 spiro atoms. The number of nitrogens with one attached hydrogen (secondary N) is 1. The van der Waals surface area contributed by atoms with Crippen LogP contribution >= 0.6 is 0 Å². The summed E-state index contributed by atoms with van der Waals surface area (Å²) in [5.74, 6) is 0. The van der Waals surface area contributed by atoms with Gasteiger partial charge in [0.1, 0.15) is 6.04 Å². The van der Waals surface area contributed by atoms with Crippen molar-refractivity contribution in [3.05, 3.63) is 20.9 Å². The predicted octanol–water partition coefficient (Wildman–Crippen LogP) is 1.09. The van der Waals surface area contributed by atoms with Crippen LogP contribution < -0.4 is 5.32 Å². The largest absolute Gasteiger partial charge is 0.302 e. The maximum atomic E-state index is 8.51. The van der Waals surface area contributed by atoms with Gasteiger partial charge in [0, 0.05) is 22.9 Å². The smallest absolute Gasteiger partial charge is 0.101 e. The molecule has 0 saturated carbocycles. The summed E-state index contributed by atoms with van der Waals surface area (Å²) in [6, 6.07) is 1.38. The van der Waals surface area contributed by atoms with E-state index < -0.39 is 6.04 Å². The minimum absolute atomic E-state index is 0.0727. The van der Waals surface area contributed by atoms with Gasteiger partial charge < -0.3 is 5.32 Å². The van der Waals surface area contributed by atoms with Crippen LogP contribution in [0.3, 0.4) is 0 Å². The fourth-order valence-corrected chi connectivity index (χ4v) is 0.603. The molecule has 0 bridgehead atoms. The van der Waals surface area contributed by atoms with Crippen molar-refractivity contribution in [2.45, 2.75) is 6.04 Å². The molecule has 1 unspecified atom stereocenters. The van der Waals surface area contributed by atoms with Gasteiger partial charge in [-0.25, -0.2) is 0 Å². The second kappa shape index (κ2) is 8.17. The Bertz CT molecular complexity index is 265. The molecule has 0 saturated heterocycles. The molecule has 0 heterocycles. The lowest BCUT2D eigenvalue weighted by molar-refractivity contribution is 0.613. The molecular weight excluding hydrogens is 172 g/mol. The average molecular weight is 180 g/mol. The van der Waals surface area contributed by atoms with Crippen LogP contribution in [0.4, 0.5) is 0 Å². The summed E-state index contributed by atoms with van der Waals surface area (Å²) in [4.78, 5) is 5.06. The Morgan fingerprint density at radius 1 is 1.38 bits per heavy atom. The van der Waals surface area contributed by atoms with Gasteiger partial charge >= 0.3 is 0 Å². The van der Waals surface area contributed by atoms with Crippen LogP contribution in [0.1, 0.15) is 0 Å². The summed E-state index contributed by atoms with van der Waals surface area (Å²) in [6.45, 7) is 0.734. The molecule has 0 amide bonds. The molecule has 0 fully saturated rings. The topological polar surface area (TPSA) is 133 Å². The Labute approximate surface area is 74.4 Å². The normalized spacial score (nSPS) is 10.4. The first-order chi connectivity index (χ1) is 6.35. The predicted molar refractivity (Wildman–Crippen MR) is 45.4 cm³/mol. The lowest BCUT2D eigenvalue weighted by Gasteiger charge is -2.05. The van der Waals surface area contributed by atoms with Gasteiger partial charge in [0.05, 0.1) is 12.6 Å². The highest BCUT2D eigenvalue weighted by Gasteiger charge is 2.02. The van der Waals surface area contributed by atoms with E-state index in [4.69, 9.17) is 16.3 Å². The molecule has 68 valence electrons. The van der Waals surface area contributed by atoms with E-state index >= 15 is 0 Å². The van der Waals surface area contributed by atoms with Crippen molar-refractivity contribution in [3.63, 3.8) is 0 Å². The fourth-order valence-electron chi connectivity index (χ4n) is 0.603. The molecule has 13 heavy (non-hydrogen) atoms. The highest BCUT2D eigenvalue weighted by atomic mass is 15.2. The molecular formula is C5H8N8. The molecule has 1 N–H and O–H groups in total. The number of rotatable bonds is 6. The Morgan fingerprint density at radius 3 is 2.62 bits per heavy atom. The van der Waals surface area contributed by atoms with E-state index in [0.29, 0.717) is 6.54 Å². The maximum Gasteiger partial charge on any atom is 0.101 e. The molecule has 0 radical (unpaired) electrons. The van der Waals surface area contributed by atoms with Crippen LogP contribution in [0.25, 0.3) is 20.9 Å². The zero-order valence-electron chi connectivity index (χ0n) is 6.83. The molecule has 0 aromatic rings. The zero-order valence-corrected chi connectivity index (χ0v) is 6.83. The van der Waals surface area contributed by atoms with Crippen LogP contribution in [0.15, 0.2) is 10.2 Å². The van der Waals surface area contributed by atoms with Gasteiger partial charge in [0.2, 0.25) is 0 Å². The van der Waals surface area contributed by atoms with Crippen LogP contribution in [-0.4, -0.2) is 25.7 Å². The zero-order chi connectivity index (χ0) is 9.94. The van der Waals surface area contributed by atoms with E-state index in [-0.39, 0.29) is 13.1 Å². The summed E-state index contributed by atoms with van der Waals surface area (Å²) in [6.07, 6.45) is 0. The molecule has 8 heteroatoms. The number of hydrogen-bond donors (Lipinski definition) is 1. The van der Waals surface area contributed by atoms with Crippen molar-refractivity contribution in [2.75, 3.05) is 19.6 Å². The first kappa shape index (κ1) is 11.1. The Morgan fingerprint density at radius 2 is 2.08 bits per heavy atom. The third-order valence-electron chi connectivity index (χ3n) is 1.15. The number of nitriles is 1. The maximum absolute atomic E-state index is 8.51. The van der Waals surface area contributed by atoms with Crippen molar-refractivity contribution >= 4 is 0 Å². The molecule has 0 aliphatic carbocycles. The van der Waals surface area contributed by atoms with E-state index in [9.17, 15) is 0 Å². The summed E-state index contributed by atoms with van der Waals surface area (Å²) >= 11 is 0. The minimum atomic E-state index is -0.523. The first-order valence-electron chi connectivity index (χ1n) is 3.50. The second-order valence-electron chi connectivity index (χ2n) is 2.00. The Balaban J connectivity index is 3.66. The van der Waals surface area contributed by atoms with Crippen molar-refractivity contribution in [1.29, 1.82) is 5.26 Å². The van der Waals surface area contributed by atoms with Crippen LogP contribution in [-0.2, 0) is 0 Å². The lowest BCUT2D eigenvalue weighted by atomic mass is 10.3. The van der Waals surface area contributed by atoms with Gasteiger partial charge in [0.15, 0.2) is 0 Å². The fraction of sp³-hybridized carbons (Fsp3) is 0.800. The number of azide groups is 2. The van der Waals surface area contributed by atoms with Gasteiger partial charge in [-0.2, -0.15) is 5.26 Å². The van der Waals surface area contributed by atoms with Crippen LogP contribution in [0.2, 0.25) is 0 Å². The quantitative estimate of drug-likeness (QED) is 0.283. The van der Waals surface area contributed by atoms with Gasteiger partial charge in [-0.1, -0.05) is 10.2 Å². The van der Waals surface area contributed by atoms with Gasteiger partial charge in [-0.3, -0.25) is 0 Å². The van der Waals surface area contributed by atoms with Crippen molar-refractivity contribution in [1.82, 2.24) is 5.32 Å². The third kappa shape index (κ3) is 6.47. The monoisotopic (exact) mass is 180 g/mol. The number of nitrogens with zero attached hydrogens (tertiary/aromatic N) is 7. The van der Waals surface area contributed by atoms with E-state index in [1.807, 2.05) is 6.07 Å². The Kier molecular flexibility index (Phi) is 6.96. The molecule has 0 aliphatic heterocycles. The van der Waals surface area contributed by atoms with Gasteiger partial charge in [-0.05, 0) is 11.1 Å². The van der Waals surface area contributed by atoms with E-state index in [2.05, 4.69) is 25.4 Å². The molecule has 8 nitrogen and oxygen atoms in total. The highest BCUT2D eigenvalue weighted by molar-refractivity contribution is 4.91. The van der Waals surface area contributed by atoms with Gasteiger partial charge in [0.25, 0.3) is 0 Å². The Hall–Kier alpha value is -1.93. The molecule has 0 rings (SSSR count). The second-order valence-corrected chi connectivity index (χ2v) is 2.00. The summed E-state index contributed by atoms with van der Waals surface area (Å²) < 4.78 is 0. The van der Waals surface area contributed by atoms with Crippen molar-refractivity contribution in [3.8, 4) is 6.07 Å². The minimum Gasteiger partial charge on any atom is -0.302 e. The molecule has 0 aromatic carbocycles. The molecule has 0 aromatic heterocycles. The SMILES string of the molecule is N#CC(CN=[N+]=[N-])NCCN=[N+]=[N-]. The molecule has 0 aliphatic rings. The summed E-state index contributed by atoms with van der Waals surface area (Å²) in [5.41, 5.74) is 15.9. The van der Waals surface area contributed by atoms with E-state index in [1.165, 1.54) is 0 Å².